The summed E-state index contributed by atoms with van der Waals surface area (Å²) in [6, 6.07) is 8.24. The van der Waals surface area contributed by atoms with Crippen LogP contribution in [0.2, 0.25) is 0 Å². The van der Waals surface area contributed by atoms with Gasteiger partial charge in [0.2, 0.25) is 0 Å². The van der Waals surface area contributed by atoms with Crippen LogP contribution in [0.1, 0.15) is 51.3 Å². The molecule has 1 N–H and O–H groups in total. The molecule has 1 aromatic carbocycles. The molecule has 0 spiro atoms. The Hall–Kier alpha value is -0.960. The fraction of sp³-hybridized carbons (Fsp3) is 0.562. The number of benzene rings is 1. The standard InChI is InChI=1S/C16H24N2S/c1-2-3-4-5-6-9-12-19-13-16-17-14-10-7-8-11-15(14)18-16/h7-8,10-11H,2-6,9,12-13H2,1H3,(H,17,18). The van der Waals surface area contributed by atoms with Crippen LogP contribution in [0.15, 0.2) is 24.3 Å². The Labute approximate surface area is 120 Å². The molecular formula is C16H24N2S. The van der Waals surface area contributed by atoms with Crippen molar-refractivity contribution in [1.29, 1.82) is 0 Å². The van der Waals surface area contributed by atoms with Gasteiger partial charge in [-0.15, -0.1) is 0 Å². The molecule has 0 atom stereocenters. The molecule has 2 rings (SSSR count). The lowest BCUT2D eigenvalue weighted by Gasteiger charge is -2.00. The average molecular weight is 276 g/mol. The van der Waals surface area contributed by atoms with E-state index in [0.717, 1.165) is 22.6 Å². The Bertz CT molecular complexity index is 445. The minimum Gasteiger partial charge on any atom is -0.341 e. The van der Waals surface area contributed by atoms with Crippen LogP contribution in [-0.2, 0) is 5.75 Å². The van der Waals surface area contributed by atoms with E-state index in [0.29, 0.717) is 0 Å². The number of aromatic amines is 1. The first-order valence-electron chi connectivity index (χ1n) is 7.41. The van der Waals surface area contributed by atoms with Gasteiger partial charge in [0, 0.05) is 0 Å². The summed E-state index contributed by atoms with van der Waals surface area (Å²) in [4.78, 5) is 7.98. The predicted octanol–water partition coefficient (Wildman–Crippen LogP) is 5.16. The van der Waals surface area contributed by atoms with Gasteiger partial charge in [0.1, 0.15) is 5.82 Å². The van der Waals surface area contributed by atoms with Crippen molar-refractivity contribution in [3.05, 3.63) is 30.1 Å². The number of imidazole rings is 1. The molecule has 0 saturated heterocycles. The third-order valence-electron chi connectivity index (χ3n) is 3.32. The van der Waals surface area contributed by atoms with Gasteiger partial charge >= 0.3 is 0 Å². The molecule has 104 valence electrons. The summed E-state index contributed by atoms with van der Waals surface area (Å²) in [5.74, 6) is 3.37. The largest absolute Gasteiger partial charge is 0.341 e. The fourth-order valence-corrected chi connectivity index (χ4v) is 3.11. The number of nitrogens with zero attached hydrogens (tertiary/aromatic N) is 1. The Morgan fingerprint density at radius 3 is 2.68 bits per heavy atom. The van der Waals surface area contributed by atoms with E-state index in [1.165, 1.54) is 44.3 Å². The highest BCUT2D eigenvalue weighted by atomic mass is 32.2. The molecule has 2 aromatic rings. The first kappa shape index (κ1) is 14.4. The van der Waals surface area contributed by atoms with Gasteiger partial charge in [-0.05, 0) is 24.3 Å². The molecule has 0 fully saturated rings. The van der Waals surface area contributed by atoms with Crippen LogP contribution in [-0.4, -0.2) is 15.7 Å². The maximum absolute atomic E-state index is 4.59. The zero-order valence-electron chi connectivity index (χ0n) is 11.8. The Morgan fingerprint density at radius 1 is 1.05 bits per heavy atom. The number of para-hydroxylation sites is 2. The van der Waals surface area contributed by atoms with E-state index < -0.39 is 0 Å². The van der Waals surface area contributed by atoms with Gasteiger partial charge in [-0.2, -0.15) is 11.8 Å². The van der Waals surface area contributed by atoms with Crippen LogP contribution in [0, 0.1) is 0 Å². The molecule has 1 aromatic heterocycles. The van der Waals surface area contributed by atoms with Gasteiger partial charge in [0.15, 0.2) is 0 Å². The van der Waals surface area contributed by atoms with Gasteiger partial charge in [-0.25, -0.2) is 4.98 Å². The predicted molar refractivity (Wildman–Crippen MR) is 85.6 cm³/mol. The first-order chi connectivity index (χ1) is 9.40. The van der Waals surface area contributed by atoms with Crippen LogP contribution in [0.4, 0.5) is 0 Å². The molecule has 0 aliphatic heterocycles. The molecule has 0 amide bonds. The number of unbranched alkanes of at least 4 members (excludes halogenated alkanes) is 5. The van der Waals surface area contributed by atoms with Crippen molar-refractivity contribution in [2.45, 2.75) is 51.2 Å². The lowest BCUT2D eigenvalue weighted by molar-refractivity contribution is 0.627. The quantitative estimate of drug-likeness (QED) is 0.641. The van der Waals surface area contributed by atoms with Crippen molar-refractivity contribution in [3.8, 4) is 0 Å². The molecule has 0 saturated carbocycles. The van der Waals surface area contributed by atoms with E-state index in [1.54, 1.807) is 0 Å². The lowest BCUT2D eigenvalue weighted by Crippen LogP contribution is -1.87. The van der Waals surface area contributed by atoms with Crippen molar-refractivity contribution in [1.82, 2.24) is 9.97 Å². The van der Waals surface area contributed by atoms with E-state index in [2.05, 4.69) is 29.0 Å². The molecule has 19 heavy (non-hydrogen) atoms. The summed E-state index contributed by atoms with van der Waals surface area (Å²) in [6.45, 7) is 2.27. The number of thioether (sulfide) groups is 1. The monoisotopic (exact) mass is 276 g/mol. The van der Waals surface area contributed by atoms with E-state index >= 15 is 0 Å². The number of nitrogens with one attached hydrogen (secondary N) is 1. The summed E-state index contributed by atoms with van der Waals surface area (Å²) in [6.07, 6.45) is 8.26. The zero-order valence-corrected chi connectivity index (χ0v) is 12.6. The van der Waals surface area contributed by atoms with E-state index in [4.69, 9.17) is 0 Å². The van der Waals surface area contributed by atoms with Crippen molar-refractivity contribution >= 4 is 22.8 Å². The molecule has 3 heteroatoms. The number of aromatic nitrogens is 2. The summed E-state index contributed by atoms with van der Waals surface area (Å²) in [7, 11) is 0. The lowest BCUT2D eigenvalue weighted by atomic mass is 10.1. The van der Waals surface area contributed by atoms with Gasteiger partial charge in [-0.1, -0.05) is 51.2 Å². The third-order valence-corrected chi connectivity index (χ3v) is 4.37. The van der Waals surface area contributed by atoms with Gasteiger partial charge in [-0.3, -0.25) is 0 Å². The minimum atomic E-state index is 1.00. The van der Waals surface area contributed by atoms with Crippen LogP contribution in [0.5, 0.6) is 0 Å². The van der Waals surface area contributed by atoms with Crippen molar-refractivity contribution in [2.75, 3.05) is 5.75 Å². The topological polar surface area (TPSA) is 28.7 Å². The normalized spacial score (nSPS) is 11.2. The summed E-state index contributed by atoms with van der Waals surface area (Å²) in [5, 5.41) is 0. The second-order valence-corrected chi connectivity index (χ2v) is 6.13. The summed E-state index contributed by atoms with van der Waals surface area (Å²) < 4.78 is 0. The molecule has 0 radical (unpaired) electrons. The molecule has 2 nitrogen and oxygen atoms in total. The van der Waals surface area contributed by atoms with Crippen LogP contribution < -0.4 is 0 Å². The Balaban J connectivity index is 1.60. The maximum Gasteiger partial charge on any atom is 0.117 e. The number of fused-ring (bicyclic) bond motifs is 1. The van der Waals surface area contributed by atoms with Crippen molar-refractivity contribution < 1.29 is 0 Å². The van der Waals surface area contributed by atoms with E-state index in [-0.39, 0.29) is 0 Å². The highest BCUT2D eigenvalue weighted by Gasteiger charge is 2.01. The van der Waals surface area contributed by atoms with Crippen LogP contribution in [0.3, 0.4) is 0 Å². The van der Waals surface area contributed by atoms with Gasteiger partial charge < -0.3 is 4.98 Å². The second-order valence-electron chi connectivity index (χ2n) is 5.02. The van der Waals surface area contributed by atoms with Gasteiger partial charge in [0.25, 0.3) is 0 Å². The maximum atomic E-state index is 4.59. The van der Waals surface area contributed by atoms with E-state index in [1.807, 2.05) is 23.9 Å². The number of rotatable bonds is 9. The number of hydrogen-bond acceptors (Lipinski definition) is 2. The number of hydrogen-bond donors (Lipinski definition) is 1. The number of H-pyrrole nitrogens is 1. The molecule has 0 unspecified atom stereocenters. The minimum absolute atomic E-state index is 1.00. The molecular weight excluding hydrogens is 252 g/mol. The SMILES string of the molecule is CCCCCCCCSCc1nc2ccccc2[nH]1. The van der Waals surface area contributed by atoms with E-state index in [9.17, 15) is 0 Å². The first-order valence-corrected chi connectivity index (χ1v) is 8.57. The van der Waals surface area contributed by atoms with Gasteiger partial charge in [0.05, 0.1) is 16.8 Å². The zero-order chi connectivity index (χ0) is 13.3. The highest BCUT2D eigenvalue weighted by molar-refractivity contribution is 7.98. The smallest absolute Gasteiger partial charge is 0.117 e. The third kappa shape index (κ3) is 4.90. The summed E-state index contributed by atoms with van der Waals surface area (Å²) in [5.41, 5.74) is 2.23. The second kappa shape index (κ2) is 8.26. The highest BCUT2D eigenvalue weighted by Crippen LogP contribution is 2.16. The van der Waals surface area contributed by atoms with Crippen molar-refractivity contribution in [2.24, 2.45) is 0 Å². The fourth-order valence-electron chi connectivity index (χ4n) is 2.23. The van der Waals surface area contributed by atoms with Crippen LogP contribution >= 0.6 is 11.8 Å². The molecule has 0 aliphatic rings. The van der Waals surface area contributed by atoms with Crippen molar-refractivity contribution in [3.63, 3.8) is 0 Å². The molecule has 1 heterocycles. The van der Waals surface area contributed by atoms with Crippen LogP contribution in [0.25, 0.3) is 11.0 Å². The average Bonchev–Trinajstić information content (AvgIpc) is 2.84. The Kier molecular flexibility index (Phi) is 6.28. The summed E-state index contributed by atoms with van der Waals surface area (Å²) >= 11 is 1.99. The molecule has 0 aliphatic carbocycles. The Morgan fingerprint density at radius 2 is 1.84 bits per heavy atom. The molecule has 0 bridgehead atoms.